The van der Waals surface area contributed by atoms with Crippen molar-refractivity contribution in [3.63, 3.8) is 0 Å². The third-order valence-corrected chi connectivity index (χ3v) is 4.36. The van der Waals surface area contributed by atoms with Gasteiger partial charge in [0.1, 0.15) is 0 Å². The van der Waals surface area contributed by atoms with E-state index < -0.39 is 11.9 Å². The first-order valence-electron chi connectivity index (χ1n) is 6.38. The van der Waals surface area contributed by atoms with Gasteiger partial charge in [0, 0.05) is 4.47 Å². The maximum Gasteiger partial charge on any atom is 0.335 e. The summed E-state index contributed by atoms with van der Waals surface area (Å²) >= 11 is 20.4. The molecular formula is C15H9BrCl2N2O3S. The number of hydrogen-bond acceptors (Lipinski definition) is 3. The summed E-state index contributed by atoms with van der Waals surface area (Å²) in [5, 5.41) is 14.2. The number of hydrogen-bond donors (Lipinski definition) is 3. The van der Waals surface area contributed by atoms with Gasteiger partial charge in [-0.25, -0.2) is 4.79 Å². The van der Waals surface area contributed by atoms with E-state index in [2.05, 4.69) is 26.6 Å². The molecule has 0 saturated carbocycles. The number of benzene rings is 2. The quantitative estimate of drug-likeness (QED) is 0.600. The van der Waals surface area contributed by atoms with Crippen molar-refractivity contribution in [1.82, 2.24) is 5.32 Å². The molecule has 0 unspecified atom stereocenters. The number of amides is 1. The Morgan fingerprint density at radius 2 is 1.71 bits per heavy atom. The second-order valence-corrected chi connectivity index (χ2v) is 6.59. The fraction of sp³-hybridized carbons (Fsp3) is 0. The zero-order chi connectivity index (χ0) is 17.9. The van der Waals surface area contributed by atoms with Crippen molar-refractivity contribution >= 4 is 74.0 Å². The number of anilines is 1. The molecule has 0 fully saturated rings. The minimum atomic E-state index is -1.16. The lowest BCUT2D eigenvalue weighted by atomic mass is 10.2. The summed E-state index contributed by atoms with van der Waals surface area (Å²) in [7, 11) is 0. The maximum atomic E-state index is 12.2. The molecule has 0 bridgehead atoms. The summed E-state index contributed by atoms with van der Waals surface area (Å²) in [6.45, 7) is 0. The first-order chi connectivity index (χ1) is 11.3. The molecule has 0 aromatic heterocycles. The van der Waals surface area contributed by atoms with E-state index >= 15 is 0 Å². The topological polar surface area (TPSA) is 78.4 Å². The van der Waals surface area contributed by atoms with Crippen LogP contribution in [0.3, 0.4) is 0 Å². The Hall–Kier alpha value is -1.67. The molecule has 24 heavy (non-hydrogen) atoms. The summed E-state index contributed by atoms with van der Waals surface area (Å²) in [5.41, 5.74) is 0.555. The fourth-order valence-electron chi connectivity index (χ4n) is 1.78. The van der Waals surface area contributed by atoms with E-state index in [1.54, 1.807) is 24.3 Å². The normalized spacial score (nSPS) is 10.1. The molecule has 2 aromatic rings. The molecule has 9 heteroatoms. The summed E-state index contributed by atoms with van der Waals surface area (Å²) in [6, 6.07) is 9.32. The maximum absolute atomic E-state index is 12.2. The van der Waals surface area contributed by atoms with Crippen LogP contribution in [0, 0.1) is 0 Å². The first-order valence-corrected chi connectivity index (χ1v) is 8.34. The van der Waals surface area contributed by atoms with E-state index in [1.165, 1.54) is 12.1 Å². The molecule has 1 amide bonds. The van der Waals surface area contributed by atoms with Crippen LogP contribution in [0.1, 0.15) is 20.7 Å². The molecule has 2 rings (SSSR count). The highest BCUT2D eigenvalue weighted by Crippen LogP contribution is 2.32. The number of aromatic carboxylic acids is 1. The standard InChI is InChI=1S/C15H9BrCl2N2O3S/c16-9-4-2-1-3-8(9)13(21)20-15(24)19-12-10(17)5-7(14(22)23)6-11(12)18/h1-6H,(H,22,23)(H2,19,20,21,24). The largest absolute Gasteiger partial charge is 0.478 e. The number of carbonyl (C=O) groups excluding carboxylic acids is 1. The van der Waals surface area contributed by atoms with Gasteiger partial charge in [-0.05, 0) is 52.4 Å². The van der Waals surface area contributed by atoms with Crippen molar-refractivity contribution in [2.45, 2.75) is 0 Å². The number of thiocarbonyl (C=S) groups is 1. The van der Waals surface area contributed by atoms with E-state index in [9.17, 15) is 9.59 Å². The zero-order valence-corrected chi connectivity index (χ0v) is 15.7. The Balaban J connectivity index is 2.14. The van der Waals surface area contributed by atoms with Gasteiger partial charge in [0.25, 0.3) is 5.91 Å². The van der Waals surface area contributed by atoms with Crippen molar-refractivity contribution in [3.8, 4) is 0 Å². The predicted octanol–water partition coefficient (Wildman–Crippen LogP) is 4.58. The van der Waals surface area contributed by atoms with Gasteiger partial charge in [-0.15, -0.1) is 0 Å². The van der Waals surface area contributed by atoms with Crippen LogP contribution in [-0.4, -0.2) is 22.1 Å². The average Bonchev–Trinajstić information content (AvgIpc) is 2.50. The van der Waals surface area contributed by atoms with E-state index in [1.807, 2.05) is 0 Å². The number of rotatable bonds is 3. The predicted molar refractivity (Wildman–Crippen MR) is 101 cm³/mol. The fourth-order valence-corrected chi connectivity index (χ4v) is 3.02. The van der Waals surface area contributed by atoms with Crippen LogP contribution in [0.2, 0.25) is 10.0 Å². The van der Waals surface area contributed by atoms with Crippen LogP contribution in [0.15, 0.2) is 40.9 Å². The number of carbonyl (C=O) groups is 2. The van der Waals surface area contributed by atoms with Gasteiger partial charge in [0.2, 0.25) is 0 Å². The van der Waals surface area contributed by atoms with Crippen LogP contribution < -0.4 is 10.6 Å². The Bertz CT molecular complexity index is 822. The van der Waals surface area contributed by atoms with Gasteiger partial charge >= 0.3 is 5.97 Å². The highest BCUT2D eigenvalue weighted by Gasteiger charge is 2.15. The summed E-state index contributed by atoms with van der Waals surface area (Å²) < 4.78 is 0.618. The Kier molecular flexibility index (Phi) is 6.17. The lowest BCUT2D eigenvalue weighted by Gasteiger charge is -2.13. The van der Waals surface area contributed by atoms with Crippen LogP contribution >= 0.6 is 51.3 Å². The minimum Gasteiger partial charge on any atom is -0.478 e. The molecule has 0 spiro atoms. The van der Waals surface area contributed by atoms with Crippen molar-refractivity contribution < 1.29 is 14.7 Å². The van der Waals surface area contributed by atoms with Crippen LogP contribution in [0.25, 0.3) is 0 Å². The van der Waals surface area contributed by atoms with Gasteiger partial charge in [-0.3, -0.25) is 10.1 Å². The molecule has 5 nitrogen and oxygen atoms in total. The molecule has 0 aliphatic heterocycles. The Morgan fingerprint density at radius 3 is 2.25 bits per heavy atom. The van der Waals surface area contributed by atoms with Crippen molar-refractivity contribution in [2.75, 3.05) is 5.32 Å². The van der Waals surface area contributed by atoms with Crippen LogP contribution in [-0.2, 0) is 0 Å². The summed E-state index contributed by atoms with van der Waals surface area (Å²) in [6.07, 6.45) is 0. The Labute approximate surface area is 161 Å². The van der Waals surface area contributed by atoms with E-state index in [-0.39, 0.29) is 26.4 Å². The van der Waals surface area contributed by atoms with Gasteiger partial charge in [-0.1, -0.05) is 35.3 Å². The monoisotopic (exact) mass is 446 g/mol. The van der Waals surface area contributed by atoms with Gasteiger partial charge in [-0.2, -0.15) is 0 Å². The lowest BCUT2D eigenvalue weighted by Crippen LogP contribution is -2.34. The SMILES string of the molecule is O=C(O)c1cc(Cl)c(NC(=S)NC(=O)c2ccccc2Br)c(Cl)c1. The van der Waals surface area contributed by atoms with Gasteiger partial charge < -0.3 is 10.4 Å². The molecule has 0 heterocycles. The van der Waals surface area contributed by atoms with Gasteiger partial charge in [0.05, 0.1) is 26.9 Å². The minimum absolute atomic E-state index is 0.0253. The highest BCUT2D eigenvalue weighted by atomic mass is 79.9. The van der Waals surface area contributed by atoms with Crippen molar-refractivity contribution in [3.05, 3.63) is 62.0 Å². The van der Waals surface area contributed by atoms with Crippen LogP contribution in [0.5, 0.6) is 0 Å². The second kappa shape index (κ2) is 7.94. The molecule has 0 atom stereocenters. The molecule has 124 valence electrons. The highest BCUT2D eigenvalue weighted by molar-refractivity contribution is 9.10. The molecule has 2 aromatic carbocycles. The number of nitrogens with one attached hydrogen (secondary N) is 2. The van der Waals surface area contributed by atoms with Crippen molar-refractivity contribution in [2.24, 2.45) is 0 Å². The molecule has 3 N–H and O–H groups in total. The summed E-state index contributed by atoms with van der Waals surface area (Å²) in [4.78, 5) is 23.1. The van der Waals surface area contributed by atoms with Crippen molar-refractivity contribution in [1.29, 1.82) is 0 Å². The number of carboxylic acids is 1. The first kappa shape index (κ1) is 18.7. The van der Waals surface area contributed by atoms with E-state index in [0.29, 0.717) is 10.0 Å². The third-order valence-electron chi connectivity index (χ3n) is 2.87. The molecule has 0 radical (unpaired) electrons. The Morgan fingerprint density at radius 1 is 1.12 bits per heavy atom. The zero-order valence-electron chi connectivity index (χ0n) is 11.8. The summed E-state index contributed by atoms with van der Waals surface area (Å²) in [5.74, 6) is -1.58. The number of carboxylic acid groups (broad SMARTS) is 1. The van der Waals surface area contributed by atoms with E-state index in [0.717, 1.165) is 0 Å². The van der Waals surface area contributed by atoms with Crippen LogP contribution in [0.4, 0.5) is 5.69 Å². The average molecular weight is 448 g/mol. The van der Waals surface area contributed by atoms with Gasteiger partial charge in [0.15, 0.2) is 5.11 Å². The smallest absolute Gasteiger partial charge is 0.335 e. The second-order valence-electron chi connectivity index (χ2n) is 4.51. The molecule has 0 saturated heterocycles. The molecule has 0 aliphatic rings. The molecule has 0 aliphatic carbocycles. The van der Waals surface area contributed by atoms with E-state index in [4.69, 9.17) is 40.5 Å². The number of halogens is 3. The molecular weight excluding hydrogens is 439 g/mol. The third kappa shape index (κ3) is 4.45. The lowest BCUT2D eigenvalue weighted by molar-refractivity contribution is 0.0696.